The molecule has 6 heteroatoms. The minimum atomic E-state index is 0. The molecule has 3 aromatic rings. The van der Waals surface area contributed by atoms with Crippen molar-refractivity contribution in [2.24, 2.45) is 0 Å². The van der Waals surface area contributed by atoms with Crippen molar-refractivity contribution in [1.29, 1.82) is 0 Å². The maximum absolute atomic E-state index is 6.22. The van der Waals surface area contributed by atoms with Crippen molar-refractivity contribution in [2.45, 2.75) is 19.6 Å². The molecular weight excluding hydrogens is 436 g/mol. The molecule has 3 aromatic carbocycles. The Morgan fingerprint density at radius 2 is 1.46 bits per heavy atom. The van der Waals surface area contributed by atoms with Gasteiger partial charge in [0.25, 0.3) is 0 Å². The van der Waals surface area contributed by atoms with E-state index in [1.54, 1.807) is 6.07 Å². The summed E-state index contributed by atoms with van der Waals surface area (Å²) in [4.78, 5) is 0. The van der Waals surface area contributed by atoms with E-state index in [-0.39, 0.29) is 12.4 Å². The van der Waals surface area contributed by atoms with Gasteiger partial charge in [-0.3, -0.25) is 0 Å². The first kappa shape index (κ1) is 22.9. The highest BCUT2D eigenvalue weighted by Crippen LogP contribution is 2.23. The molecule has 0 aliphatic rings. The zero-order valence-electron chi connectivity index (χ0n) is 15.1. The van der Waals surface area contributed by atoms with E-state index in [1.165, 1.54) is 0 Å². The predicted octanol–water partition coefficient (Wildman–Crippen LogP) is 6.98. The molecule has 0 saturated carbocycles. The molecule has 0 unspecified atom stereocenters. The summed E-state index contributed by atoms with van der Waals surface area (Å²) in [6.07, 6.45) is 0.832. The third-order valence-corrected chi connectivity index (χ3v) is 5.17. The second-order valence-electron chi connectivity index (χ2n) is 6.15. The summed E-state index contributed by atoms with van der Waals surface area (Å²) in [7, 11) is 0. The lowest BCUT2D eigenvalue weighted by Crippen LogP contribution is -2.17. The molecule has 1 N–H and O–H groups in total. The van der Waals surface area contributed by atoms with Crippen LogP contribution < -0.4 is 10.1 Å². The molecule has 0 heterocycles. The van der Waals surface area contributed by atoms with Crippen LogP contribution in [0.2, 0.25) is 15.1 Å². The number of nitrogens with one attached hydrogen (secondary N) is 1. The van der Waals surface area contributed by atoms with Crippen molar-refractivity contribution in [3.63, 3.8) is 0 Å². The number of ether oxygens (including phenoxy) is 1. The Morgan fingerprint density at radius 3 is 2.21 bits per heavy atom. The fraction of sp³-hybridized carbons (Fsp3) is 0.182. The maximum Gasteiger partial charge on any atom is 0.124 e. The van der Waals surface area contributed by atoms with Gasteiger partial charge in [0.05, 0.1) is 0 Å². The quantitative estimate of drug-likeness (QED) is 0.369. The summed E-state index contributed by atoms with van der Waals surface area (Å²) >= 11 is 18.4. The molecule has 0 spiro atoms. The van der Waals surface area contributed by atoms with Gasteiger partial charge in [0.1, 0.15) is 12.4 Å². The topological polar surface area (TPSA) is 21.3 Å². The highest BCUT2D eigenvalue weighted by Gasteiger charge is 2.06. The van der Waals surface area contributed by atoms with Crippen LogP contribution in [0.3, 0.4) is 0 Å². The molecular formula is C22H21Cl4NO. The molecule has 28 heavy (non-hydrogen) atoms. The van der Waals surface area contributed by atoms with E-state index in [9.17, 15) is 0 Å². The Balaban J connectivity index is 0.00000280. The summed E-state index contributed by atoms with van der Waals surface area (Å²) in [6, 6.07) is 21.3. The zero-order chi connectivity index (χ0) is 19.1. The number of para-hydroxylation sites is 1. The van der Waals surface area contributed by atoms with Crippen molar-refractivity contribution in [3.8, 4) is 5.75 Å². The van der Waals surface area contributed by atoms with E-state index in [0.717, 1.165) is 35.4 Å². The van der Waals surface area contributed by atoms with Crippen LogP contribution in [0.4, 0.5) is 0 Å². The van der Waals surface area contributed by atoms with E-state index in [0.29, 0.717) is 28.2 Å². The summed E-state index contributed by atoms with van der Waals surface area (Å²) in [6.45, 7) is 1.96. The van der Waals surface area contributed by atoms with E-state index in [1.807, 2.05) is 54.6 Å². The second kappa shape index (κ2) is 11.5. The van der Waals surface area contributed by atoms with Crippen molar-refractivity contribution in [3.05, 3.63) is 98.5 Å². The van der Waals surface area contributed by atoms with Crippen molar-refractivity contribution in [2.75, 3.05) is 6.54 Å². The highest BCUT2D eigenvalue weighted by atomic mass is 35.5. The van der Waals surface area contributed by atoms with Gasteiger partial charge in [-0.25, -0.2) is 0 Å². The number of halogens is 4. The van der Waals surface area contributed by atoms with Crippen LogP contribution in [0.25, 0.3) is 0 Å². The smallest absolute Gasteiger partial charge is 0.124 e. The molecule has 0 atom stereocenters. The van der Waals surface area contributed by atoms with Crippen LogP contribution >= 0.6 is 47.2 Å². The van der Waals surface area contributed by atoms with Gasteiger partial charge in [-0.1, -0.05) is 77.3 Å². The van der Waals surface area contributed by atoms with Crippen molar-refractivity contribution < 1.29 is 4.74 Å². The lowest BCUT2D eigenvalue weighted by Gasteiger charge is -2.13. The van der Waals surface area contributed by atoms with E-state index in [4.69, 9.17) is 39.5 Å². The lowest BCUT2D eigenvalue weighted by molar-refractivity contribution is 0.302. The fourth-order valence-electron chi connectivity index (χ4n) is 2.73. The van der Waals surface area contributed by atoms with Crippen LogP contribution in [0.15, 0.2) is 66.7 Å². The van der Waals surface area contributed by atoms with Gasteiger partial charge >= 0.3 is 0 Å². The average molecular weight is 457 g/mol. The summed E-state index contributed by atoms with van der Waals surface area (Å²) < 4.78 is 5.99. The minimum absolute atomic E-state index is 0. The molecule has 0 aromatic heterocycles. The van der Waals surface area contributed by atoms with Crippen LogP contribution in [-0.2, 0) is 19.6 Å². The predicted molar refractivity (Wildman–Crippen MR) is 121 cm³/mol. The first-order chi connectivity index (χ1) is 13.1. The maximum atomic E-state index is 6.22. The number of rotatable bonds is 8. The van der Waals surface area contributed by atoms with Crippen LogP contribution in [0.5, 0.6) is 5.75 Å². The molecule has 0 fully saturated rings. The van der Waals surface area contributed by atoms with Crippen molar-refractivity contribution in [1.82, 2.24) is 5.32 Å². The molecule has 0 radical (unpaired) electrons. The van der Waals surface area contributed by atoms with Crippen LogP contribution in [0.1, 0.15) is 16.7 Å². The van der Waals surface area contributed by atoms with Gasteiger partial charge in [0, 0.05) is 32.7 Å². The molecule has 0 bridgehead atoms. The van der Waals surface area contributed by atoms with E-state index >= 15 is 0 Å². The Labute approximate surface area is 187 Å². The van der Waals surface area contributed by atoms with Gasteiger partial charge in [-0.15, -0.1) is 12.4 Å². The Hall–Kier alpha value is -1.42. The largest absolute Gasteiger partial charge is 0.489 e. The molecule has 0 aliphatic heterocycles. The Morgan fingerprint density at radius 1 is 0.750 bits per heavy atom. The zero-order valence-corrected chi connectivity index (χ0v) is 18.2. The average Bonchev–Trinajstić information content (AvgIpc) is 2.67. The summed E-state index contributed by atoms with van der Waals surface area (Å²) in [5, 5.41) is 5.52. The highest BCUT2D eigenvalue weighted by molar-refractivity contribution is 6.35. The lowest BCUT2D eigenvalue weighted by atomic mass is 10.1. The third-order valence-electron chi connectivity index (χ3n) is 4.22. The summed E-state index contributed by atoms with van der Waals surface area (Å²) in [5.41, 5.74) is 3.16. The van der Waals surface area contributed by atoms with Crippen LogP contribution in [-0.4, -0.2) is 6.54 Å². The van der Waals surface area contributed by atoms with Gasteiger partial charge < -0.3 is 10.1 Å². The fourth-order valence-corrected chi connectivity index (χ4v) is 3.43. The second-order valence-corrected chi connectivity index (χ2v) is 7.40. The van der Waals surface area contributed by atoms with Crippen molar-refractivity contribution >= 4 is 47.2 Å². The molecule has 0 aliphatic carbocycles. The molecule has 0 amide bonds. The van der Waals surface area contributed by atoms with Gasteiger partial charge in [-0.2, -0.15) is 0 Å². The standard InChI is InChI=1S/C22H20Cl3NO.ClH/c23-19-10-9-16(21(25)13-19)11-12-26-14-17-5-2-4-8-22(17)27-15-18-6-1-3-7-20(18)24;/h1-10,13,26H,11-12,14-15H2;1H. The molecule has 3 rings (SSSR count). The Kier molecular flexibility index (Phi) is 9.43. The van der Waals surface area contributed by atoms with E-state index in [2.05, 4.69) is 11.4 Å². The number of hydrogen-bond donors (Lipinski definition) is 1. The number of benzene rings is 3. The SMILES string of the molecule is Cl.Clc1ccc(CCNCc2ccccc2OCc2ccccc2Cl)c(Cl)c1. The van der Waals surface area contributed by atoms with Crippen LogP contribution in [0, 0.1) is 0 Å². The van der Waals surface area contributed by atoms with Gasteiger partial charge in [0.15, 0.2) is 0 Å². The minimum Gasteiger partial charge on any atom is -0.489 e. The first-order valence-corrected chi connectivity index (χ1v) is 9.85. The molecule has 148 valence electrons. The van der Waals surface area contributed by atoms with Gasteiger partial charge in [0.2, 0.25) is 0 Å². The monoisotopic (exact) mass is 455 g/mol. The third kappa shape index (κ3) is 6.58. The molecule has 2 nitrogen and oxygen atoms in total. The summed E-state index contributed by atoms with van der Waals surface area (Å²) in [5.74, 6) is 0.856. The normalized spacial score (nSPS) is 10.4. The van der Waals surface area contributed by atoms with Gasteiger partial charge in [-0.05, 0) is 42.8 Å². The Bertz CT molecular complexity index is 901. The van der Waals surface area contributed by atoms with E-state index < -0.39 is 0 Å². The first-order valence-electron chi connectivity index (χ1n) is 8.72. The molecule has 0 saturated heterocycles. The number of hydrogen-bond acceptors (Lipinski definition) is 2.